The molecule has 1 amide bonds. The molecular formula is C13H14N2O3. The van der Waals surface area contributed by atoms with Gasteiger partial charge in [0.1, 0.15) is 5.75 Å². The summed E-state index contributed by atoms with van der Waals surface area (Å²) in [5.74, 6) is 0.0613. The Bertz CT molecular complexity index is 460. The molecule has 5 heteroatoms. The summed E-state index contributed by atoms with van der Waals surface area (Å²) in [5.41, 5.74) is 5.57. The van der Waals surface area contributed by atoms with Gasteiger partial charge in [-0.2, -0.15) is 0 Å². The Balaban J connectivity index is 2.42. The smallest absolute Gasteiger partial charge is 0.292 e. The highest BCUT2D eigenvalue weighted by Gasteiger charge is 2.06. The van der Waals surface area contributed by atoms with Crippen molar-refractivity contribution in [3.05, 3.63) is 29.8 Å². The quantitative estimate of drug-likeness (QED) is 0.450. The van der Waals surface area contributed by atoms with Crippen molar-refractivity contribution in [2.75, 3.05) is 0 Å². The van der Waals surface area contributed by atoms with Crippen LogP contribution >= 0.6 is 0 Å². The number of nitrogens with two attached hydrogens (primary N) is 1. The number of hydrogen-bond acceptors (Lipinski definition) is 4. The zero-order valence-electron chi connectivity index (χ0n) is 9.89. The fourth-order valence-electron chi connectivity index (χ4n) is 1.49. The van der Waals surface area contributed by atoms with Gasteiger partial charge >= 0.3 is 0 Å². The maximum Gasteiger partial charge on any atom is 0.292 e. The van der Waals surface area contributed by atoms with Gasteiger partial charge in [0.25, 0.3) is 6.26 Å². The molecule has 18 heavy (non-hydrogen) atoms. The molecule has 5 nitrogen and oxygen atoms in total. The maximum absolute atomic E-state index is 11.7. The zero-order valence-corrected chi connectivity index (χ0v) is 9.89. The molecule has 0 aliphatic carbocycles. The summed E-state index contributed by atoms with van der Waals surface area (Å²) in [4.78, 5) is 22.2. The lowest BCUT2D eigenvalue weighted by atomic mass is 10.0. The van der Waals surface area contributed by atoms with Crippen molar-refractivity contribution < 1.29 is 14.3 Å². The first-order chi connectivity index (χ1) is 8.63. The number of ketones is 1. The van der Waals surface area contributed by atoms with Crippen molar-refractivity contribution >= 4 is 11.7 Å². The number of rotatable bonds is 7. The Hall–Kier alpha value is -2.35. The van der Waals surface area contributed by atoms with Gasteiger partial charge in [-0.05, 0) is 37.1 Å². The van der Waals surface area contributed by atoms with Gasteiger partial charge in [-0.1, -0.05) is 0 Å². The normalized spacial score (nSPS) is 9.50. The van der Waals surface area contributed by atoms with Gasteiger partial charge in [-0.3, -0.25) is 9.59 Å². The third-order valence-corrected chi connectivity index (χ3v) is 2.42. The first kappa shape index (κ1) is 13.7. The molecule has 0 aliphatic rings. The van der Waals surface area contributed by atoms with E-state index in [1.165, 1.54) is 0 Å². The molecule has 2 N–H and O–H groups in total. The lowest BCUT2D eigenvalue weighted by Crippen LogP contribution is -2.10. The third kappa shape index (κ3) is 4.66. The Morgan fingerprint density at radius 3 is 2.33 bits per heavy atom. The Morgan fingerprint density at radius 2 is 1.78 bits per heavy atom. The predicted molar refractivity (Wildman–Crippen MR) is 64.7 cm³/mol. The molecule has 0 atom stereocenters. The molecule has 0 saturated carbocycles. The van der Waals surface area contributed by atoms with E-state index < -0.39 is 0 Å². The number of hydrogen-bond donors (Lipinski definition) is 1. The van der Waals surface area contributed by atoms with Crippen LogP contribution in [0.5, 0.6) is 5.75 Å². The molecule has 0 spiro atoms. The highest BCUT2D eigenvalue weighted by molar-refractivity contribution is 5.96. The van der Waals surface area contributed by atoms with E-state index in [4.69, 9.17) is 11.0 Å². The van der Waals surface area contributed by atoms with Gasteiger partial charge in [0, 0.05) is 18.4 Å². The second-order valence-corrected chi connectivity index (χ2v) is 3.81. The third-order valence-electron chi connectivity index (χ3n) is 2.42. The average Bonchev–Trinajstić information content (AvgIpc) is 2.35. The Kier molecular flexibility index (Phi) is 5.39. The van der Waals surface area contributed by atoms with Crippen LogP contribution < -0.4 is 10.5 Å². The minimum atomic E-state index is -0.347. The summed E-state index contributed by atoms with van der Waals surface area (Å²) in [5, 5.41) is 8.31. The summed E-state index contributed by atoms with van der Waals surface area (Å²) in [6, 6.07) is 6.37. The molecule has 1 rings (SSSR count). The zero-order chi connectivity index (χ0) is 13.4. The van der Waals surface area contributed by atoms with E-state index in [9.17, 15) is 9.59 Å². The van der Waals surface area contributed by atoms with Crippen molar-refractivity contribution in [3.8, 4) is 12.0 Å². The SMILES string of the molecule is N#COc1ccc(C(=O)CCCCC(N)=O)cc1. The minimum absolute atomic E-state index is 0.00276. The molecule has 1 aromatic rings. The standard InChI is InChI=1S/C13H14N2O3/c14-9-18-11-7-5-10(6-8-11)12(16)3-1-2-4-13(15)17/h5-8H,1-4H2,(H2,15,17). The summed E-state index contributed by atoms with van der Waals surface area (Å²) in [6.07, 6.45) is 3.50. The first-order valence-corrected chi connectivity index (χ1v) is 5.61. The Labute approximate surface area is 105 Å². The lowest BCUT2D eigenvalue weighted by Gasteiger charge is -2.01. The van der Waals surface area contributed by atoms with Crippen LogP contribution in [0, 0.1) is 11.5 Å². The highest BCUT2D eigenvalue weighted by Crippen LogP contribution is 2.14. The van der Waals surface area contributed by atoms with Gasteiger partial charge in [-0.15, -0.1) is 5.26 Å². The largest absolute Gasteiger partial charge is 0.388 e. The molecule has 0 radical (unpaired) electrons. The monoisotopic (exact) mass is 246 g/mol. The van der Waals surface area contributed by atoms with Gasteiger partial charge in [0.15, 0.2) is 5.78 Å². The number of amides is 1. The fraction of sp³-hybridized carbons (Fsp3) is 0.308. The van der Waals surface area contributed by atoms with Crippen LogP contribution in [0.3, 0.4) is 0 Å². The molecule has 0 bridgehead atoms. The second kappa shape index (κ2) is 7.07. The van der Waals surface area contributed by atoms with Crippen molar-refractivity contribution in [3.63, 3.8) is 0 Å². The average molecular weight is 246 g/mol. The molecule has 0 heterocycles. The van der Waals surface area contributed by atoms with Crippen LogP contribution in [0.4, 0.5) is 0 Å². The number of carbonyl (C=O) groups is 2. The van der Waals surface area contributed by atoms with Gasteiger partial charge in [0.05, 0.1) is 0 Å². The van der Waals surface area contributed by atoms with Gasteiger partial charge in [0.2, 0.25) is 5.91 Å². The van der Waals surface area contributed by atoms with Crippen LogP contribution in [0.2, 0.25) is 0 Å². The summed E-state index contributed by atoms with van der Waals surface area (Å²) in [7, 11) is 0. The molecule has 0 unspecified atom stereocenters. The number of primary amides is 1. The van der Waals surface area contributed by atoms with Crippen LogP contribution in [-0.2, 0) is 4.79 Å². The van der Waals surface area contributed by atoms with Crippen LogP contribution in [0.15, 0.2) is 24.3 Å². The number of nitriles is 1. The van der Waals surface area contributed by atoms with Crippen molar-refractivity contribution in [2.24, 2.45) is 5.73 Å². The molecule has 0 fully saturated rings. The van der Waals surface area contributed by atoms with E-state index >= 15 is 0 Å². The van der Waals surface area contributed by atoms with E-state index in [0.717, 1.165) is 0 Å². The number of ether oxygens (including phenoxy) is 1. The van der Waals surface area contributed by atoms with Crippen LogP contribution in [0.25, 0.3) is 0 Å². The van der Waals surface area contributed by atoms with E-state index in [-0.39, 0.29) is 11.7 Å². The van der Waals surface area contributed by atoms with E-state index in [1.807, 2.05) is 0 Å². The van der Waals surface area contributed by atoms with Crippen LogP contribution in [0.1, 0.15) is 36.0 Å². The number of Topliss-reactive ketones (excluding diaryl/α,β-unsaturated/α-hetero) is 1. The van der Waals surface area contributed by atoms with Crippen molar-refractivity contribution in [1.29, 1.82) is 5.26 Å². The van der Waals surface area contributed by atoms with Crippen molar-refractivity contribution in [2.45, 2.75) is 25.7 Å². The topological polar surface area (TPSA) is 93.2 Å². The molecule has 0 saturated heterocycles. The number of unbranched alkanes of at least 4 members (excludes halogenated alkanes) is 1. The summed E-state index contributed by atoms with van der Waals surface area (Å²) < 4.78 is 4.61. The number of nitrogens with zero attached hydrogens (tertiary/aromatic N) is 1. The van der Waals surface area contributed by atoms with E-state index in [0.29, 0.717) is 37.0 Å². The number of benzene rings is 1. The molecule has 94 valence electrons. The fourth-order valence-corrected chi connectivity index (χ4v) is 1.49. The molecular weight excluding hydrogens is 232 g/mol. The molecule has 0 aromatic heterocycles. The molecule has 1 aromatic carbocycles. The number of carbonyl (C=O) groups excluding carboxylic acids is 2. The lowest BCUT2D eigenvalue weighted by molar-refractivity contribution is -0.118. The Morgan fingerprint density at radius 1 is 1.17 bits per heavy atom. The summed E-state index contributed by atoms with van der Waals surface area (Å²) in [6.45, 7) is 0. The molecule has 0 aliphatic heterocycles. The highest BCUT2D eigenvalue weighted by atomic mass is 16.5. The summed E-state index contributed by atoms with van der Waals surface area (Å²) >= 11 is 0. The van der Waals surface area contributed by atoms with Crippen molar-refractivity contribution in [1.82, 2.24) is 0 Å². The van der Waals surface area contributed by atoms with Gasteiger partial charge < -0.3 is 10.5 Å². The first-order valence-electron chi connectivity index (χ1n) is 5.61. The second-order valence-electron chi connectivity index (χ2n) is 3.81. The van der Waals surface area contributed by atoms with Gasteiger partial charge in [-0.25, -0.2) is 0 Å². The van der Waals surface area contributed by atoms with E-state index in [2.05, 4.69) is 4.74 Å². The minimum Gasteiger partial charge on any atom is -0.388 e. The van der Waals surface area contributed by atoms with Crippen LogP contribution in [-0.4, -0.2) is 11.7 Å². The van der Waals surface area contributed by atoms with E-state index in [1.54, 1.807) is 30.5 Å². The predicted octanol–water partition coefficient (Wildman–Crippen LogP) is 1.77. The maximum atomic E-state index is 11.7.